The third-order valence-corrected chi connectivity index (χ3v) is 5.37. The average Bonchev–Trinajstić information content (AvgIpc) is 3.35. The van der Waals surface area contributed by atoms with E-state index in [-0.39, 0.29) is 18.0 Å². The number of carbonyl (C=O) groups excluding carboxylic acids is 1. The summed E-state index contributed by atoms with van der Waals surface area (Å²) in [5, 5.41) is 6.89. The van der Waals surface area contributed by atoms with E-state index in [0.717, 1.165) is 33.5 Å². The summed E-state index contributed by atoms with van der Waals surface area (Å²) >= 11 is 0. The number of amides is 2. The van der Waals surface area contributed by atoms with Gasteiger partial charge in [0.2, 0.25) is 0 Å². The van der Waals surface area contributed by atoms with Crippen molar-refractivity contribution in [1.82, 2.24) is 10.5 Å². The molecule has 0 spiro atoms. The maximum atomic E-state index is 12.6. The Bertz CT molecular complexity index is 1190. The topological polar surface area (TPSA) is 67.5 Å². The highest BCUT2D eigenvalue weighted by molar-refractivity contribution is 6.12. The maximum Gasteiger partial charge on any atom is 0.341 e. The number of aliphatic imine (C=N–C) groups is 1. The Morgan fingerprint density at radius 2 is 1.47 bits per heavy atom. The minimum atomic E-state index is -0.332. The highest BCUT2D eigenvalue weighted by Crippen LogP contribution is 2.38. The SMILES string of the molecule is O=C1N=C(c2ccccc2)C(c2ccccc2)C(c2cccc(-c3cnoc3)c2)N1. The quantitative estimate of drug-likeness (QED) is 0.506. The van der Waals surface area contributed by atoms with E-state index in [1.54, 1.807) is 12.5 Å². The number of benzene rings is 3. The Labute approximate surface area is 174 Å². The molecule has 0 saturated heterocycles. The van der Waals surface area contributed by atoms with Gasteiger partial charge in [0, 0.05) is 5.56 Å². The van der Waals surface area contributed by atoms with Crippen molar-refractivity contribution in [2.24, 2.45) is 4.99 Å². The molecule has 3 aromatic carbocycles. The largest absolute Gasteiger partial charge is 0.364 e. The summed E-state index contributed by atoms with van der Waals surface area (Å²) in [4.78, 5) is 17.0. The second-order valence-electron chi connectivity index (χ2n) is 7.22. The van der Waals surface area contributed by atoms with Crippen LogP contribution < -0.4 is 5.32 Å². The third-order valence-electron chi connectivity index (χ3n) is 5.37. The molecule has 2 atom stereocenters. The summed E-state index contributed by atoms with van der Waals surface area (Å²) in [6, 6.07) is 27.6. The Kier molecular flexibility index (Phi) is 4.69. The second-order valence-corrected chi connectivity index (χ2v) is 7.22. The first-order valence-corrected chi connectivity index (χ1v) is 9.79. The molecule has 5 rings (SSSR count). The van der Waals surface area contributed by atoms with Crippen LogP contribution in [0.1, 0.15) is 28.7 Å². The number of nitrogens with zero attached hydrogens (tertiary/aromatic N) is 2. The zero-order valence-corrected chi connectivity index (χ0v) is 16.1. The van der Waals surface area contributed by atoms with Crippen LogP contribution in [-0.2, 0) is 0 Å². The second kappa shape index (κ2) is 7.79. The van der Waals surface area contributed by atoms with Gasteiger partial charge in [-0.2, -0.15) is 4.99 Å². The summed E-state index contributed by atoms with van der Waals surface area (Å²) in [5.41, 5.74) is 5.69. The molecule has 5 heteroatoms. The van der Waals surface area contributed by atoms with E-state index in [1.807, 2.05) is 66.7 Å². The van der Waals surface area contributed by atoms with Crippen LogP contribution in [0.5, 0.6) is 0 Å². The summed E-state index contributed by atoms with van der Waals surface area (Å²) in [7, 11) is 0. The van der Waals surface area contributed by atoms with E-state index in [4.69, 9.17) is 4.52 Å². The van der Waals surface area contributed by atoms with Gasteiger partial charge in [-0.25, -0.2) is 4.79 Å². The fourth-order valence-electron chi connectivity index (χ4n) is 3.98. The first-order valence-electron chi connectivity index (χ1n) is 9.79. The Balaban J connectivity index is 1.65. The highest BCUT2D eigenvalue weighted by Gasteiger charge is 2.35. The van der Waals surface area contributed by atoms with Crippen LogP contribution in [-0.4, -0.2) is 16.9 Å². The standard InChI is InChI=1S/C25H19N3O2/c29-25-27-23(18-10-5-2-6-11-18)22(17-8-3-1-4-9-17)24(28-25)20-13-7-12-19(14-20)21-15-26-30-16-21/h1-16,22,24H,(H,28,29). The van der Waals surface area contributed by atoms with Gasteiger partial charge in [-0.15, -0.1) is 0 Å². The lowest BCUT2D eigenvalue weighted by Gasteiger charge is -2.33. The molecule has 146 valence electrons. The highest BCUT2D eigenvalue weighted by atomic mass is 16.5. The molecule has 0 fully saturated rings. The molecule has 1 aliphatic heterocycles. The van der Waals surface area contributed by atoms with Gasteiger partial charge in [0.1, 0.15) is 6.26 Å². The smallest absolute Gasteiger partial charge is 0.341 e. The number of urea groups is 1. The lowest BCUT2D eigenvalue weighted by molar-refractivity contribution is 0.243. The van der Waals surface area contributed by atoms with Crippen LogP contribution in [0.3, 0.4) is 0 Å². The minimum absolute atomic E-state index is 0.121. The summed E-state index contributed by atoms with van der Waals surface area (Å²) in [6.45, 7) is 0. The predicted molar refractivity (Wildman–Crippen MR) is 115 cm³/mol. The van der Waals surface area contributed by atoms with Gasteiger partial charge in [-0.05, 0) is 28.3 Å². The maximum absolute atomic E-state index is 12.6. The minimum Gasteiger partial charge on any atom is -0.364 e. The van der Waals surface area contributed by atoms with Crippen molar-refractivity contribution in [3.8, 4) is 11.1 Å². The van der Waals surface area contributed by atoms with Crippen molar-refractivity contribution in [2.75, 3.05) is 0 Å². The summed E-state index contributed by atoms with van der Waals surface area (Å²) in [5.74, 6) is -0.121. The van der Waals surface area contributed by atoms with Crippen LogP contribution >= 0.6 is 0 Å². The molecule has 2 heterocycles. The molecule has 1 aliphatic rings. The number of carbonyl (C=O) groups is 1. The van der Waals surface area contributed by atoms with Crippen molar-refractivity contribution in [1.29, 1.82) is 0 Å². The van der Waals surface area contributed by atoms with Crippen molar-refractivity contribution in [3.05, 3.63) is 114 Å². The molecule has 5 nitrogen and oxygen atoms in total. The van der Waals surface area contributed by atoms with Crippen LogP contribution in [0.25, 0.3) is 11.1 Å². The monoisotopic (exact) mass is 393 g/mol. The van der Waals surface area contributed by atoms with Gasteiger partial charge < -0.3 is 9.84 Å². The van der Waals surface area contributed by atoms with Crippen LogP contribution in [0.2, 0.25) is 0 Å². The van der Waals surface area contributed by atoms with Gasteiger partial charge >= 0.3 is 6.03 Å². The van der Waals surface area contributed by atoms with Crippen molar-refractivity contribution in [3.63, 3.8) is 0 Å². The Hall–Kier alpha value is -3.99. The molecule has 2 unspecified atom stereocenters. The Morgan fingerprint density at radius 1 is 0.767 bits per heavy atom. The fraction of sp³-hybridized carbons (Fsp3) is 0.0800. The van der Waals surface area contributed by atoms with Crippen molar-refractivity contribution in [2.45, 2.75) is 12.0 Å². The molecule has 4 aromatic rings. The van der Waals surface area contributed by atoms with Crippen molar-refractivity contribution >= 4 is 11.7 Å². The molecule has 0 radical (unpaired) electrons. The van der Waals surface area contributed by atoms with E-state index in [2.05, 4.69) is 33.7 Å². The predicted octanol–water partition coefficient (Wildman–Crippen LogP) is 5.38. The third kappa shape index (κ3) is 3.42. The normalized spacial score (nSPS) is 18.5. The van der Waals surface area contributed by atoms with Gasteiger partial charge in [0.25, 0.3) is 0 Å². The van der Waals surface area contributed by atoms with Gasteiger partial charge in [0.05, 0.1) is 23.9 Å². The lowest BCUT2D eigenvalue weighted by Crippen LogP contribution is -2.40. The molecular weight excluding hydrogens is 374 g/mol. The van der Waals surface area contributed by atoms with E-state index in [0.29, 0.717) is 0 Å². The molecule has 0 bridgehead atoms. The molecule has 0 aliphatic carbocycles. The molecule has 1 aromatic heterocycles. The van der Waals surface area contributed by atoms with E-state index < -0.39 is 0 Å². The molecule has 30 heavy (non-hydrogen) atoms. The number of hydrogen-bond acceptors (Lipinski definition) is 3. The van der Waals surface area contributed by atoms with Gasteiger partial charge in [-0.1, -0.05) is 84.0 Å². The zero-order valence-electron chi connectivity index (χ0n) is 16.1. The number of aromatic nitrogens is 1. The molecule has 2 amide bonds. The number of nitrogens with one attached hydrogen (secondary N) is 1. The molecule has 0 saturated carbocycles. The van der Waals surface area contributed by atoms with Crippen LogP contribution in [0, 0.1) is 0 Å². The van der Waals surface area contributed by atoms with Gasteiger partial charge in [0.15, 0.2) is 0 Å². The molecular formula is C25H19N3O2. The lowest BCUT2D eigenvalue weighted by atomic mass is 9.79. The summed E-state index contributed by atoms with van der Waals surface area (Å²) < 4.78 is 5.00. The Morgan fingerprint density at radius 3 is 2.20 bits per heavy atom. The number of hydrogen-bond donors (Lipinski definition) is 1. The van der Waals surface area contributed by atoms with E-state index in [9.17, 15) is 4.79 Å². The number of rotatable bonds is 4. The van der Waals surface area contributed by atoms with Crippen LogP contribution in [0.15, 0.2) is 107 Å². The van der Waals surface area contributed by atoms with Crippen molar-refractivity contribution < 1.29 is 9.32 Å². The average molecular weight is 393 g/mol. The van der Waals surface area contributed by atoms with E-state index >= 15 is 0 Å². The zero-order chi connectivity index (χ0) is 20.3. The molecule has 1 N–H and O–H groups in total. The van der Waals surface area contributed by atoms with Gasteiger partial charge in [-0.3, -0.25) is 0 Å². The van der Waals surface area contributed by atoms with E-state index in [1.165, 1.54) is 0 Å². The first kappa shape index (κ1) is 18.1. The fourth-order valence-corrected chi connectivity index (χ4v) is 3.98. The van der Waals surface area contributed by atoms with Crippen LogP contribution in [0.4, 0.5) is 4.79 Å². The first-order chi connectivity index (χ1) is 14.8. The summed E-state index contributed by atoms with van der Waals surface area (Å²) in [6.07, 6.45) is 3.30.